The number of benzene rings is 6. The molecule has 0 unspecified atom stereocenters. The summed E-state index contributed by atoms with van der Waals surface area (Å²) >= 11 is 0. The van der Waals surface area contributed by atoms with Crippen LogP contribution in [0.4, 0.5) is 70.2 Å². The van der Waals surface area contributed by atoms with Crippen LogP contribution in [0.15, 0.2) is 18.2 Å². The molecule has 0 bridgehead atoms. The zero-order chi connectivity index (χ0) is 34.5. The van der Waals surface area contributed by atoms with E-state index in [0.29, 0.717) is 12.1 Å². The van der Waals surface area contributed by atoms with Gasteiger partial charge in [-0.25, -0.2) is 65.9 Å². The standard InChI is InChI=1S/C28H3BF16O2/c30-4-1-2-6(5(31)3-4)46-29(13-21(39)24(42)26(44)25(43)22(13)40)47-28-12-8-7-9(14(32)15(33)11(8)19(37)27(28)45)17(35)23(41)18(36)10(7)16(34)20(12)38/h1-3H. The minimum Gasteiger partial charge on any atom is -0.520 e. The van der Waals surface area contributed by atoms with Crippen molar-refractivity contribution in [1.29, 1.82) is 0 Å². The van der Waals surface area contributed by atoms with E-state index in [1.54, 1.807) is 0 Å². The molecule has 0 radical (unpaired) electrons. The lowest BCUT2D eigenvalue weighted by Crippen LogP contribution is -2.48. The van der Waals surface area contributed by atoms with Gasteiger partial charge in [-0.3, -0.25) is 0 Å². The summed E-state index contributed by atoms with van der Waals surface area (Å²) in [5.41, 5.74) is -2.27. The lowest BCUT2D eigenvalue weighted by molar-refractivity contribution is 0.369. The summed E-state index contributed by atoms with van der Waals surface area (Å²) in [6, 6.07) is 0.766. The van der Waals surface area contributed by atoms with E-state index >= 15 is 22.0 Å². The molecular weight excluding hydrogens is 683 g/mol. The van der Waals surface area contributed by atoms with Crippen LogP contribution in [0.1, 0.15) is 0 Å². The third kappa shape index (κ3) is 4.31. The summed E-state index contributed by atoms with van der Waals surface area (Å²) < 4.78 is 244. The van der Waals surface area contributed by atoms with Gasteiger partial charge in [-0.1, -0.05) is 0 Å². The summed E-state index contributed by atoms with van der Waals surface area (Å²) in [4.78, 5) is 0. The summed E-state index contributed by atoms with van der Waals surface area (Å²) in [7, 11) is -3.46. The minimum absolute atomic E-state index is 0.0377. The number of rotatable bonds is 5. The van der Waals surface area contributed by atoms with Crippen molar-refractivity contribution >= 4 is 44.9 Å². The van der Waals surface area contributed by atoms with Crippen molar-refractivity contribution in [3.63, 3.8) is 0 Å². The maximum absolute atomic E-state index is 15.6. The van der Waals surface area contributed by atoms with E-state index in [4.69, 9.17) is 9.31 Å². The van der Waals surface area contributed by atoms with Crippen molar-refractivity contribution in [2.75, 3.05) is 0 Å². The molecule has 0 saturated carbocycles. The highest BCUT2D eigenvalue weighted by atomic mass is 19.2. The first kappa shape index (κ1) is 31.9. The first-order valence-corrected chi connectivity index (χ1v) is 12.2. The van der Waals surface area contributed by atoms with Crippen LogP contribution < -0.4 is 14.8 Å². The van der Waals surface area contributed by atoms with E-state index in [0.717, 1.165) is 0 Å². The SMILES string of the molecule is Fc1ccc(OB(Oc2c(F)c(F)c3c(F)c(F)c4c(F)c(F)c(F)c5c(F)c(F)c2c3c45)c2c(F)c(F)c(F)c(F)c2F)c(F)c1. The molecule has 6 aromatic rings. The maximum Gasteiger partial charge on any atom is 0.639 e. The zero-order valence-electron chi connectivity index (χ0n) is 21.7. The van der Waals surface area contributed by atoms with E-state index in [2.05, 4.69) is 0 Å². The molecule has 0 amide bonds. The fourth-order valence-electron chi connectivity index (χ4n) is 4.97. The normalized spacial score (nSPS) is 11.8. The number of hydrogen-bond donors (Lipinski definition) is 0. The van der Waals surface area contributed by atoms with E-state index < -0.39 is 149 Å². The highest BCUT2D eigenvalue weighted by Crippen LogP contribution is 2.48. The summed E-state index contributed by atoms with van der Waals surface area (Å²) in [6.45, 7) is 0. The Balaban J connectivity index is 1.76. The third-order valence-corrected chi connectivity index (χ3v) is 7.01. The lowest BCUT2D eigenvalue weighted by Gasteiger charge is -2.23. The molecule has 0 fully saturated rings. The molecule has 19 heteroatoms. The Morgan fingerprint density at radius 2 is 0.745 bits per heavy atom. The molecule has 0 aliphatic rings. The van der Waals surface area contributed by atoms with Crippen molar-refractivity contribution < 1.29 is 79.6 Å². The quantitative estimate of drug-likeness (QED) is 0.0595. The van der Waals surface area contributed by atoms with Crippen LogP contribution >= 0.6 is 0 Å². The average Bonchev–Trinajstić information content (AvgIpc) is 3.02. The van der Waals surface area contributed by atoms with Gasteiger partial charge in [-0.05, 0) is 12.1 Å². The van der Waals surface area contributed by atoms with E-state index in [1.807, 2.05) is 0 Å². The molecule has 0 saturated heterocycles. The predicted octanol–water partition coefficient (Wildman–Crippen LogP) is 8.66. The second kappa shape index (κ2) is 10.7. The first-order valence-electron chi connectivity index (χ1n) is 12.2. The van der Waals surface area contributed by atoms with E-state index in [9.17, 15) is 48.3 Å². The van der Waals surface area contributed by atoms with Crippen molar-refractivity contribution in [3.05, 3.63) is 111 Å². The third-order valence-electron chi connectivity index (χ3n) is 7.01. The molecule has 2 nitrogen and oxygen atoms in total. The predicted molar refractivity (Wildman–Crippen MR) is 129 cm³/mol. The van der Waals surface area contributed by atoms with Gasteiger partial charge in [0, 0.05) is 16.8 Å². The monoisotopic (exact) mass is 686 g/mol. The van der Waals surface area contributed by atoms with Gasteiger partial charge >= 0.3 is 7.12 Å². The van der Waals surface area contributed by atoms with E-state index in [1.165, 1.54) is 0 Å². The van der Waals surface area contributed by atoms with Gasteiger partial charge in [0.1, 0.15) is 11.6 Å². The van der Waals surface area contributed by atoms with Gasteiger partial charge in [0.05, 0.1) is 27.0 Å². The Morgan fingerprint density at radius 3 is 1.23 bits per heavy atom. The largest absolute Gasteiger partial charge is 0.639 e. The minimum atomic E-state index is -3.46. The second-order valence-corrected chi connectivity index (χ2v) is 9.53. The van der Waals surface area contributed by atoms with Crippen molar-refractivity contribution in [2.24, 2.45) is 0 Å². The molecule has 6 rings (SSSR count). The maximum atomic E-state index is 15.6. The highest BCUT2D eigenvalue weighted by molar-refractivity contribution is 6.63. The molecule has 0 atom stereocenters. The smallest absolute Gasteiger partial charge is 0.520 e. The van der Waals surface area contributed by atoms with Crippen LogP contribution in [0.5, 0.6) is 11.5 Å². The molecule has 0 aliphatic heterocycles. The fourth-order valence-corrected chi connectivity index (χ4v) is 4.97. The molecule has 6 aromatic carbocycles. The molecule has 0 aliphatic carbocycles. The molecule has 242 valence electrons. The zero-order valence-corrected chi connectivity index (χ0v) is 21.7. The van der Waals surface area contributed by atoms with Crippen LogP contribution in [-0.4, -0.2) is 7.12 Å². The highest BCUT2D eigenvalue weighted by Gasteiger charge is 2.43. The van der Waals surface area contributed by atoms with Gasteiger partial charge in [-0.2, -0.15) is 4.39 Å². The van der Waals surface area contributed by atoms with Gasteiger partial charge in [0.25, 0.3) is 0 Å². The van der Waals surface area contributed by atoms with Crippen molar-refractivity contribution in [2.45, 2.75) is 0 Å². The van der Waals surface area contributed by atoms with Gasteiger partial charge in [0.15, 0.2) is 93.0 Å². The molecule has 0 aromatic heterocycles. The van der Waals surface area contributed by atoms with Crippen LogP contribution in [0.3, 0.4) is 0 Å². The van der Waals surface area contributed by atoms with Gasteiger partial charge in [-0.15, -0.1) is 0 Å². The number of halogens is 16. The molecule has 0 N–H and O–H groups in total. The topological polar surface area (TPSA) is 18.5 Å². The fraction of sp³-hybridized carbons (Fsp3) is 0. The Hall–Kier alpha value is -5.10. The van der Waals surface area contributed by atoms with Crippen molar-refractivity contribution in [3.8, 4) is 11.5 Å². The number of hydrogen-bond acceptors (Lipinski definition) is 2. The Kier molecular flexibility index (Phi) is 7.28. The van der Waals surface area contributed by atoms with Crippen LogP contribution in [0.2, 0.25) is 0 Å². The first-order chi connectivity index (χ1) is 22.0. The molecule has 0 heterocycles. The molecule has 0 spiro atoms. The summed E-state index contributed by atoms with van der Waals surface area (Å²) in [6.07, 6.45) is 0. The van der Waals surface area contributed by atoms with Crippen molar-refractivity contribution in [1.82, 2.24) is 0 Å². The van der Waals surface area contributed by atoms with Gasteiger partial charge in [0.2, 0.25) is 0 Å². The molecular formula is C28H3BF16O2. The van der Waals surface area contributed by atoms with Crippen LogP contribution in [0, 0.1) is 93.1 Å². The average molecular weight is 686 g/mol. The molecule has 47 heavy (non-hydrogen) atoms. The van der Waals surface area contributed by atoms with Gasteiger partial charge < -0.3 is 9.31 Å². The summed E-state index contributed by atoms with van der Waals surface area (Å²) in [5, 5.41) is -11.2. The lowest BCUT2D eigenvalue weighted by atomic mass is 9.77. The Bertz CT molecular complexity index is 2290. The van der Waals surface area contributed by atoms with Crippen LogP contribution in [0.25, 0.3) is 32.3 Å². The summed E-state index contributed by atoms with van der Waals surface area (Å²) in [5.74, 6) is -44.2. The Morgan fingerprint density at radius 1 is 0.362 bits per heavy atom. The second-order valence-electron chi connectivity index (χ2n) is 9.53. The Labute approximate surface area is 247 Å². The van der Waals surface area contributed by atoms with E-state index in [-0.39, 0.29) is 6.07 Å². The van der Waals surface area contributed by atoms with Crippen LogP contribution in [-0.2, 0) is 0 Å².